The summed E-state index contributed by atoms with van der Waals surface area (Å²) < 4.78 is 0. The van der Waals surface area contributed by atoms with Crippen molar-refractivity contribution in [1.29, 1.82) is 0 Å². The molecule has 0 bridgehead atoms. The van der Waals surface area contributed by atoms with Crippen molar-refractivity contribution in [2.24, 2.45) is 0 Å². The number of hydrogen-bond donors (Lipinski definition) is 1. The maximum Gasteiger partial charge on any atom is 0.223 e. The monoisotopic (exact) mass is 445 g/mol. The molecule has 172 valence electrons. The molecule has 0 atom stereocenters. The molecule has 1 aromatic heterocycles. The summed E-state index contributed by atoms with van der Waals surface area (Å²) in [7, 11) is 0. The smallest absolute Gasteiger partial charge is 0.223 e. The molecule has 1 amide bonds. The third-order valence-corrected chi connectivity index (χ3v) is 6.15. The van der Waals surface area contributed by atoms with Gasteiger partial charge in [-0.05, 0) is 24.1 Å². The van der Waals surface area contributed by atoms with Crippen LogP contribution in [0.15, 0.2) is 48.5 Å². The molecule has 1 aliphatic heterocycles. The van der Waals surface area contributed by atoms with Crippen molar-refractivity contribution in [2.45, 2.75) is 39.2 Å². The molecule has 0 radical (unpaired) electrons. The van der Waals surface area contributed by atoms with E-state index in [2.05, 4.69) is 21.8 Å². The minimum atomic E-state index is 0.0241. The summed E-state index contributed by atoms with van der Waals surface area (Å²) in [5.41, 5.74) is 8.86. The minimum Gasteiger partial charge on any atom is -0.383 e. The first kappa shape index (κ1) is 22.9. The highest BCUT2D eigenvalue weighted by molar-refractivity contribution is 5.98. The molecule has 33 heavy (non-hydrogen) atoms. The van der Waals surface area contributed by atoms with E-state index in [1.54, 1.807) is 0 Å². The summed E-state index contributed by atoms with van der Waals surface area (Å²) in [6, 6.07) is 15.5. The Morgan fingerprint density at radius 1 is 0.939 bits per heavy atom. The van der Waals surface area contributed by atoms with Crippen LogP contribution >= 0.6 is 0 Å². The standard InChI is InChI=1S/C26H31N5O2/c1-2-5-19-8-10-20(11-9-19)23(32)12-13-25(33)31-16-14-30(15-17-31)18-24-28-22-7-4-3-6-21(22)26(27)29-24/h3-4,6-11H,2,5,12-18H2,1H3,(H2,27,28,29). The first-order chi connectivity index (χ1) is 16.0. The Morgan fingerprint density at radius 2 is 1.67 bits per heavy atom. The van der Waals surface area contributed by atoms with E-state index in [0.717, 1.165) is 36.8 Å². The Balaban J connectivity index is 1.24. The number of nitrogens with two attached hydrogens (primary N) is 1. The number of hydrogen-bond acceptors (Lipinski definition) is 6. The first-order valence-corrected chi connectivity index (χ1v) is 11.7. The summed E-state index contributed by atoms with van der Waals surface area (Å²) in [6.07, 6.45) is 2.59. The average molecular weight is 446 g/mol. The fourth-order valence-corrected chi connectivity index (χ4v) is 4.25. The Hall–Kier alpha value is -3.32. The van der Waals surface area contributed by atoms with E-state index in [1.165, 1.54) is 5.56 Å². The van der Waals surface area contributed by atoms with Crippen molar-refractivity contribution >= 4 is 28.4 Å². The molecule has 2 heterocycles. The maximum absolute atomic E-state index is 12.6. The van der Waals surface area contributed by atoms with Crippen LogP contribution in [0.2, 0.25) is 0 Å². The number of nitrogen functional groups attached to an aromatic ring is 1. The number of carbonyl (C=O) groups is 2. The van der Waals surface area contributed by atoms with Crippen molar-refractivity contribution in [3.8, 4) is 0 Å². The molecule has 0 spiro atoms. The van der Waals surface area contributed by atoms with Crippen LogP contribution in [0.25, 0.3) is 10.9 Å². The van der Waals surface area contributed by atoms with Gasteiger partial charge >= 0.3 is 0 Å². The second kappa shape index (κ2) is 10.5. The Morgan fingerprint density at radius 3 is 2.39 bits per heavy atom. The number of fused-ring (bicyclic) bond motifs is 1. The van der Waals surface area contributed by atoms with Crippen molar-refractivity contribution in [1.82, 2.24) is 19.8 Å². The van der Waals surface area contributed by atoms with Crippen LogP contribution in [0.4, 0.5) is 5.82 Å². The number of carbonyl (C=O) groups excluding carboxylic acids is 2. The van der Waals surface area contributed by atoms with Gasteiger partial charge < -0.3 is 10.6 Å². The van der Waals surface area contributed by atoms with Crippen LogP contribution in [0.1, 0.15) is 47.9 Å². The van der Waals surface area contributed by atoms with Crippen LogP contribution in [0.5, 0.6) is 0 Å². The lowest BCUT2D eigenvalue weighted by Gasteiger charge is -2.34. The highest BCUT2D eigenvalue weighted by Crippen LogP contribution is 2.18. The SMILES string of the molecule is CCCc1ccc(C(=O)CCC(=O)N2CCN(Cc3nc(N)c4ccccc4n3)CC2)cc1. The first-order valence-electron chi connectivity index (χ1n) is 11.7. The molecular weight excluding hydrogens is 414 g/mol. The zero-order valence-electron chi connectivity index (χ0n) is 19.2. The second-order valence-electron chi connectivity index (χ2n) is 8.57. The summed E-state index contributed by atoms with van der Waals surface area (Å²) in [5.74, 6) is 1.25. The molecule has 7 heteroatoms. The number of anilines is 1. The molecule has 0 saturated carbocycles. The molecule has 4 rings (SSSR count). The number of ketones is 1. The van der Waals surface area contributed by atoms with Gasteiger partial charge in [0.05, 0.1) is 12.1 Å². The van der Waals surface area contributed by atoms with E-state index in [1.807, 2.05) is 53.4 Å². The summed E-state index contributed by atoms with van der Waals surface area (Å²) in [4.78, 5) is 38.3. The van der Waals surface area contributed by atoms with Crippen molar-refractivity contribution in [2.75, 3.05) is 31.9 Å². The van der Waals surface area contributed by atoms with E-state index in [4.69, 9.17) is 5.73 Å². The fraction of sp³-hybridized carbons (Fsp3) is 0.385. The van der Waals surface area contributed by atoms with E-state index in [0.29, 0.717) is 36.8 Å². The van der Waals surface area contributed by atoms with Crippen LogP contribution in [-0.4, -0.2) is 57.6 Å². The topological polar surface area (TPSA) is 92.4 Å². The number of benzene rings is 2. The molecule has 1 saturated heterocycles. The Bertz CT molecular complexity index is 1120. The third-order valence-electron chi connectivity index (χ3n) is 6.15. The predicted octanol–water partition coefficient (Wildman–Crippen LogP) is 3.47. The van der Waals surface area contributed by atoms with Gasteiger partial charge in [-0.1, -0.05) is 49.7 Å². The lowest BCUT2D eigenvalue weighted by Crippen LogP contribution is -2.48. The molecule has 2 aromatic carbocycles. The molecule has 1 fully saturated rings. The molecule has 0 unspecified atom stereocenters. The number of Topliss-reactive ketones (excluding diaryl/α,β-unsaturated/α-hetero) is 1. The fourth-order valence-electron chi connectivity index (χ4n) is 4.25. The normalized spacial score (nSPS) is 14.5. The zero-order chi connectivity index (χ0) is 23.2. The van der Waals surface area contributed by atoms with E-state index in [9.17, 15) is 9.59 Å². The number of rotatable bonds is 8. The van der Waals surface area contributed by atoms with Crippen molar-refractivity contribution in [3.05, 3.63) is 65.5 Å². The van der Waals surface area contributed by atoms with Gasteiger partial charge in [0.15, 0.2) is 5.78 Å². The molecule has 7 nitrogen and oxygen atoms in total. The Kier molecular flexibility index (Phi) is 7.29. The van der Waals surface area contributed by atoms with E-state index >= 15 is 0 Å². The molecule has 2 N–H and O–H groups in total. The lowest BCUT2D eigenvalue weighted by atomic mass is 10.0. The van der Waals surface area contributed by atoms with Gasteiger partial charge in [-0.3, -0.25) is 14.5 Å². The quantitative estimate of drug-likeness (QED) is 0.534. The van der Waals surface area contributed by atoms with Crippen LogP contribution in [-0.2, 0) is 17.8 Å². The zero-order valence-corrected chi connectivity index (χ0v) is 19.2. The highest BCUT2D eigenvalue weighted by Gasteiger charge is 2.22. The molecule has 3 aromatic rings. The number of amides is 1. The lowest BCUT2D eigenvalue weighted by molar-refractivity contribution is -0.133. The maximum atomic E-state index is 12.6. The van der Waals surface area contributed by atoms with Gasteiger partial charge in [0.25, 0.3) is 0 Å². The predicted molar refractivity (Wildman–Crippen MR) is 130 cm³/mol. The van der Waals surface area contributed by atoms with Crippen LogP contribution in [0, 0.1) is 0 Å². The van der Waals surface area contributed by atoms with Gasteiger partial charge in [0.1, 0.15) is 11.6 Å². The third kappa shape index (κ3) is 5.73. The van der Waals surface area contributed by atoms with Gasteiger partial charge in [0.2, 0.25) is 5.91 Å². The van der Waals surface area contributed by atoms with E-state index < -0.39 is 0 Å². The average Bonchev–Trinajstić information content (AvgIpc) is 2.83. The summed E-state index contributed by atoms with van der Waals surface area (Å²) >= 11 is 0. The molecule has 1 aliphatic rings. The molecule has 0 aliphatic carbocycles. The molecular formula is C26H31N5O2. The number of nitrogens with zero attached hydrogens (tertiary/aromatic N) is 4. The van der Waals surface area contributed by atoms with Crippen LogP contribution < -0.4 is 5.73 Å². The van der Waals surface area contributed by atoms with Gasteiger partial charge in [-0.25, -0.2) is 9.97 Å². The Labute approximate surface area is 194 Å². The van der Waals surface area contributed by atoms with Gasteiger partial charge in [0, 0.05) is 50.0 Å². The highest BCUT2D eigenvalue weighted by atomic mass is 16.2. The largest absolute Gasteiger partial charge is 0.383 e. The van der Waals surface area contributed by atoms with E-state index in [-0.39, 0.29) is 24.5 Å². The van der Waals surface area contributed by atoms with Crippen LogP contribution in [0.3, 0.4) is 0 Å². The summed E-state index contributed by atoms with van der Waals surface area (Å²) in [6.45, 7) is 5.51. The summed E-state index contributed by atoms with van der Waals surface area (Å²) in [5, 5.41) is 0.864. The minimum absolute atomic E-state index is 0.0241. The number of piperazine rings is 1. The van der Waals surface area contributed by atoms with Gasteiger partial charge in [-0.2, -0.15) is 0 Å². The number of aryl methyl sites for hydroxylation is 1. The number of aromatic nitrogens is 2. The van der Waals surface area contributed by atoms with Crippen molar-refractivity contribution in [3.63, 3.8) is 0 Å². The van der Waals surface area contributed by atoms with Gasteiger partial charge in [-0.15, -0.1) is 0 Å². The number of para-hydroxylation sites is 1. The second-order valence-corrected chi connectivity index (χ2v) is 8.57. The van der Waals surface area contributed by atoms with Crippen molar-refractivity contribution < 1.29 is 9.59 Å².